The molecule has 0 saturated carbocycles. The average molecular weight is 233 g/mol. The highest BCUT2D eigenvalue weighted by Crippen LogP contribution is 2.26. The minimum Gasteiger partial charge on any atom is -0.314 e. The molecule has 1 N–H and O–H groups in total. The molecule has 1 aliphatic rings. The third-order valence-corrected chi connectivity index (χ3v) is 3.44. The Labute approximate surface area is 99.6 Å². The van der Waals surface area contributed by atoms with E-state index >= 15 is 0 Å². The summed E-state index contributed by atoms with van der Waals surface area (Å²) in [7, 11) is 0. The molecule has 0 amide bonds. The van der Waals surface area contributed by atoms with Gasteiger partial charge in [-0.25, -0.2) is 4.39 Å². The van der Waals surface area contributed by atoms with Crippen LogP contribution in [0.1, 0.15) is 18.0 Å². The topological polar surface area (TPSA) is 29.9 Å². The second-order valence-electron chi connectivity index (χ2n) is 4.73. The average Bonchev–Trinajstić information content (AvgIpc) is 2.72. The number of alkyl halides is 1. The van der Waals surface area contributed by atoms with Gasteiger partial charge in [0.1, 0.15) is 6.17 Å². The van der Waals surface area contributed by atoms with Gasteiger partial charge in [-0.15, -0.1) is 0 Å². The number of aryl methyl sites for hydroxylation is 1. The van der Waals surface area contributed by atoms with E-state index in [-0.39, 0.29) is 6.04 Å². The van der Waals surface area contributed by atoms with Crippen molar-refractivity contribution in [2.45, 2.75) is 25.6 Å². The Morgan fingerprint density at radius 2 is 2.35 bits per heavy atom. The molecule has 0 aliphatic carbocycles. The summed E-state index contributed by atoms with van der Waals surface area (Å²) in [6, 6.07) is 6.05. The zero-order chi connectivity index (χ0) is 11.8. The van der Waals surface area contributed by atoms with Gasteiger partial charge in [0.2, 0.25) is 0 Å². The maximum Gasteiger partial charge on any atom is 0.135 e. The number of hydrogen-bond acceptors (Lipinski definition) is 2. The molecule has 2 heterocycles. The van der Waals surface area contributed by atoms with Crippen LogP contribution >= 0.6 is 0 Å². The molecule has 4 heteroatoms. The van der Waals surface area contributed by atoms with Gasteiger partial charge < -0.3 is 5.32 Å². The summed E-state index contributed by atoms with van der Waals surface area (Å²) in [5.41, 5.74) is 2.24. The molecule has 3 rings (SSSR count). The Bertz CT molecular complexity index is 534. The lowest BCUT2D eigenvalue weighted by Gasteiger charge is -2.27. The van der Waals surface area contributed by atoms with Gasteiger partial charge in [-0.3, -0.25) is 4.68 Å². The van der Waals surface area contributed by atoms with E-state index in [2.05, 4.69) is 29.5 Å². The van der Waals surface area contributed by atoms with Gasteiger partial charge in [0.25, 0.3) is 0 Å². The molecule has 0 radical (unpaired) electrons. The highest BCUT2D eigenvalue weighted by atomic mass is 19.1. The van der Waals surface area contributed by atoms with E-state index in [0.29, 0.717) is 6.54 Å². The van der Waals surface area contributed by atoms with Crippen molar-refractivity contribution in [3.8, 4) is 0 Å². The first-order chi connectivity index (χ1) is 8.25. The van der Waals surface area contributed by atoms with Crippen molar-refractivity contribution in [2.24, 2.45) is 0 Å². The van der Waals surface area contributed by atoms with Crippen molar-refractivity contribution in [1.29, 1.82) is 0 Å². The number of piperidine rings is 1. The molecule has 1 aromatic heterocycles. The van der Waals surface area contributed by atoms with Crippen LogP contribution in [0.3, 0.4) is 0 Å². The van der Waals surface area contributed by atoms with Gasteiger partial charge in [0.05, 0.1) is 17.8 Å². The minimum absolute atomic E-state index is 0.128. The summed E-state index contributed by atoms with van der Waals surface area (Å²) >= 11 is 0. The number of halogens is 1. The lowest BCUT2D eigenvalue weighted by Crippen LogP contribution is -2.39. The SMILES string of the molecule is Cc1ccc2c(cnn2C2CCNCC2F)c1. The Morgan fingerprint density at radius 1 is 1.47 bits per heavy atom. The maximum atomic E-state index is 13.9. The van der Waals surface area contributed by atoms with E-state index in [1.807, 2.05) is 16.9 Å². The number of nitrogens with one attached hydrogen (secondary N) is 1. The van der Waals surface area contributed by atoms with Crippen molar-refractivity contribution in [2.75, 3.05) is 13.1 Å². The van der Waals surface area contributed by atoms with Gasteiger partial charge in [0.15, 0.2) is 0 Å². The zero-order valence-electron chi connectivity index (χ0n) is 9.86. The predicted octanol–water partition coefficient (Wildman–Crippen LogP) is 2.22. The summed E-state index contributed by atoms with van der Waals surface area (Å²) in [4.78, 5) is 0. The van der Waals surface area contributed by atoms with Crippen LogP contribution in [0.25, 0.3) is 10.9 Å². The van der Waals surface area contributed by atoms with E-state index in [4.69, 9.17) is 0 Å². The molecule has 1 fully saturated rings. The van der Waals surface area contributed by atoms with E-state index in [1.54, 1.807) is 0 Å². The highest BCUT2D eigenvalue weighted by molar-refractivity contribution is 5.79. The number of hydrogen-bond donors (Lipinski definition) is 1. The third kappa shape index (κ3) is 1.82. The minimum atomic E-state index is -0.854. The first kappa shape index (κ1) is 10.7. The van der Waals surface area contributed by atoms with E-state index in [0.717, 1.165) is 23.9 Å². The van der Waals surface area contributed by atoms with Gasteiger partial charge in [-0.2, -0.15) is 5.10 Å². The molecular formula is C13H16FN3. The molecule has 90 valence electrons. The van der Waals surface area contributed by atoms with Crippen LogP contribution < -0.4 is 5.32 Å². The maximum absolute atomic E-state index is 13.9. The van der Waals surface area contributed by atoms with Crippen LogP contribution in [0.5, 0.6) is 0 Å². The Balaban J connectivity index is 2.05. The lowest BCUT2D eigenvalue weighted by molar-refractivity contribution is 0.177. The predicted molar refractivity (Wildman–Crippen MR) is 65.9 cm³/mol. The van der Waals surface area contributed by atoms with Gasteiger partial charge in [0, 0.05) is 11.9 Å². The van der Waals surface area contributed by atoms with Crippen LogP contribution in [0.4, 0.5) is 4.39 Å². The van der Waals surface area contributed by atoms with E-state index < -0.39 is 6.17 Å². The third-order valence-electron chi connectivity index (χ3n) is 3.44. The molecule has 1 aromatic carbocycles. The molecule has 17 heavy (non-hydrogen) atoms. The van der Waals surface area contributed by atoms with Crippen molar-refractivity contribution in [1.82, 2.24) is 15.1 Å². The van der Waals surface area contributed by atoms with Crippen molar-refractivity contribution in [3.05, 3.63) is 30.0 Å². The molecule has 0 bridgehead atoms. The summed E-state index contributed by atoms with van der Waals surface area (Å²) in [6.07, 6.45) is 1.77. The van der Waals surface area contributed by atoms with Gasteiger partial charge in [-0.05, 0) is 32.0 Å². The van der Waals surface area contributed by atoms with Gasteiger partial charge >= 0.3 is 0 Å². The fourth-order valence-corrected chi connectivity index (χ4v) is 2.52. The molecule has 2 unspecified atom stereocenters. The molecule has 2 aromatic rings. The number of aromatic nitrogens is 2. The van der Waals surface area contributed by atoms with Crippen LogP contribution in [0.2, 0.25) is 0 Å². The monoisotopic (exact) mass is 233 g/mol. The summed E-state index contributed by atoms with van der Waals surface area (Å²) in [5, 5.41) is 8.52. The summed E-state index contributed by atoms with van der Waals surface area (Å²) < 4.78 is 15.7. The van der Waals surface area contributed by atoms with Crippen molar-refractivity contribution >= 4 is 10.9 Å². The normalized spacial score (nSPS) is 25.3. The first-order valence-corrected chi connectivity index (χ1v) is 6.04. The highest BCUT2D eigenvalue weighted by Gasteiger charge is 2.27. The second kappa shape index (κ2) is 4.11. The second-order valence-corrected chi connectivity index (χ2v) is 4.73. The molecule has 2 atom stereocenters. The fourth-order valence-electron chi connectivity index (χ4n) is 2.52. The van der Waals surface area contributed by atoms with Crippen LogP contribution in [-0.4, -0.2) is 29.0 Å². The first-order valence-electron chi connectivity index (χ1n) is 6.04. The smallest absolute Gasteiger partial charge is 0.135 e. The summed E-state index contributed by atoms with van der Waals surface area (Å²) in [6.45, 7) is 3.34. The Morgan fingerprint density at radius 3 is 3.18 bits per heavy atom. The summed E-state index contributed by atoms with van der Waals surface area (Å²) in [5.74, 6) is 0. The molecular weight excluding hydrogens is 217 g/mol. The van der Waals surface area contributed by atoms with Crippen molar-refractivity contribution in [3.63, 3.8) is 0 Å². The number of rotatable bonds is 1. The number of fused-ring (bicyclic) bond motifs is 1. The van der Waals surface area contributed by atoms with Crippen LogP contribution in [0.15, 0.2) is 24.4 Å². The van der Waals surface area contributed by atoms with Crippen LogP contribution in [0, 0.1) is 6.92 Å². The molecule has 1 saturated heterocycles. The van der Waals surface area contributed by atoms with E-state index in [1.165, 1.54) is 5.56 Å². The molecule has 0 spiro atoms. The molecule has 3 nitrogen and oxygen atoms in total. The lowest BCUT2D eigenvalue weighted by atomic mass is 10.0. The van der Waals surface area contributed by atoms with Crippen LogP contribution in [-0.2, 0) is 0 Å². The standard InChI is InChI=1S/C13H16FN3/c1-9-2-3-12-10(6-9)7-16-17(12)13-4-5-15-8-11(13)14/h2-3,6-7,11,13,15H,4-5,8H2,1H3. The number of nitrogens with zero attached hydrogens (tertiary/aromatic N) is 2. The van der Waals surface area contributed by atoms with E-state index in [9.17, 15) is 4.39 Å². The Hall–Kier alpha value is -1.42. The van der Waals surface area contributed by atoms with Gasteiger partial charge in [-0.1, -0.05) is 11.6 Å². The molecule has 1 aliphatic heterocycles. The quantitative estimate of drug-likeness (QED) is 0.818. The fraction of sp³-hybridized carbons (Fsp3) is 0.462. The zero-order valence-corrected chi connectivity index (χ0v) is 9.86. The Kier molecular flexibility index (Phi) is 2.59. The number of benzene rings is 1. The largest absolute Gasteiger partial charge is 0.314 e. The van der Waals surface area contributed by atoms with Crippen molar-refractivity contribution < 1.29 is 4.39 Å².